The van der Waals surface area contributed by atoms with Crippen LogP contribution in [-0.2, 0) is 9.53 Å². The number of amides is 1. The first-order valence-electron chi connectivity index (χ1n) is 7.51. The van der Waals surface area contributed by atoms with E-state index in [-0.39, 0.29) is 12.5 Å². The first kappa shape index (κ1) is 14.6. The highest BCUT2D eigenvalue weighted by atomic mass is 16.5. The number of nitrogens with one attached hydrogen (secondary N) is 1. The molecule has 2 aromatic rings. The Morgan fingerprint density at radius 2 is 2.32 bits per heavy atom. The van der Waals surface area contributed by atoms with Gasteiger partial charge in [0.15, 0.2) is 6.61 Å². The van der Waals surface area contributed by atoms with E-state index < -0.39 is 5.97 Å². The molecule has 0 radical (unpaired) electrons. The molecule has 6 nitrogen and oxygen atoms in total. The van der Waals surface area contributed by atoms with Gasteiger partial charge in [0.05, 0.1) is 22.9 Å². The van der Waals surface area contributed by atoms with Gasteiger partial charge in [-0.3, -0.25) is 4.79 Å². The van der Waals surface area contributed by atoms with Crippen LogP contribution in [0.4, 0.5) is 0 Å². The summed E-state index contributed by atoms with van der Waals surface area (Å²) >= 11 is 0. The molecule has 1 aromatic carbocycles. The molecule has 1 unspecified atom stereocenters. The molecule has 1 aliphatic rings. The second-order valence-electron chi connectivity index (χ2n) is 5.80. The number of nitrogens with zero attached hydrogens (tertiary/aromatic N) is 2. The van der Waals surface area contributed by atoms with Crippen LogP contribution in [0.15, 0.2) is 24.5 Å². The Hall–Kier alpha value is -2.37. The van der Waals surface area contributed by atoms with Crippen LogP contribution in [0.25, 0.3) is 11.0 Å². The molecule has 0 spiro atoms. The summed E-state index contributed by atoms with van der Waals surface area (Å²) in [6.07, 6.45) is 3.73. The molecule has 6 heteroatoms. The monoisotopic (exact) mass is 301 g/mol. The second kappa shape index (κ2) is 6.17. The number of hydrogen-bond donors (Lipinski definition) is 1. The summed E-state index contributed by atoms with van der Waals surface area (Å²) in [4.78, 5) is 32.9. The number of imidazole rings is 1. The average molecular weight is 301 g/mol. The first-order chi connectivity index (χ1) is 10.6. The number of carbonyl (C=O) groups excluding carboxylic acids is 2. The maximum atomic E-state index is 12.1. The van der Waals surface area contributed by atoms with E-state index in [1.54, 1.807) is 29.4 Å². The van der Waals surface area contributed by atoms with Gasteiger partial charge in [0.25, 0.3) is 5.91 Å². The van der Waals surface area contributed by atoms with Crippen molar-refractivity contribution in [3.8, 4) is 0 Å². The number of aromatic amines is 1. The quantitative estimate of drug-likeness (QED) is 0.880. The van der Waals surface area contributed by atoms with Crippen molar-refractivity contribution in [2.24, 2.45) is 5.92 Å². The minimum Gasteiger partial charge on any atom is -0.452 e. The van der Waals surface area contributed by atoms with Crippen LogP contribution in [0, 0.1) is 5.92 Å². The van der Waals surface area contributed by atoms with Gasteiger partial charge >= 0.3 is 5.97 Å². The fraction of sp³-hybridized carbons (Fsp3) is 0.438. The fourth-order valence-electron chi connectivity index (χ4n) is 2.78. The van der Waals surface area contributed by atoms with Crippen molar-refractivity contribution in [3.05, 3.63) is 30.1 Å². The van der Waals surface area contributed by atoms with Crippen molar-refractivity contribution < 1.29 is 14.3 Å². The van der Waals surface area contributed by atoms with Gasteiger partial charge in [0.2, 0.25) is 0 Å². The van der Waals surface area contributed by atoms with Gasteiger partial charge in [-0.25, -0.2) is 9.78 Å². The van der Waals surface area contributed by atoms with Crippen LogP contribution >= 0.6 is 0 Å². The minimum atomic E-state index is -0.491. The van der Waals surface area contributed by atoms with Gasteiger partial charge in [0, 0.05) is 13.1 Å². The lowest BCUT2D eigenvalue weighted by Crippen LogP contribution is -2.41. The van der Waals surface area contributed by atoms with E-state index in [4.69, 9.17) is 4.74 Å². The molecule has 1 N–H and O–H groups in total. The topological polar surface area (TPSA) is 75.3 Å². The maximum Gasteiger partial charge on any atom is 0.338 e. The molecule has 116 valence electrons. The van der Waals surface area contributed by atoms with Crippen LogP contribution in [0.2, 0.25) is 0 Å². The number of aromatic nitrogens is 2. The van der Waals surface area contributed by atoms with E-state index in [0.29, 0.717) is 11.5 Å². The van der Waals surface area contributed by atoms with E-state index >= 15 is 0 Å². The minimum absolute atomic E-state index is 0.123. The van der Waals surface area contributed by atoms with Crippen molar-refractivity contribution in [3.63, 3.8) is 0 Å². The Labute approximate surface area is 128 Å². The SMILES string of the molecule is CC1CCCN(C(=O)COC(=O)c2ccc3nc[nH]c3c2)C1. The molecular formula is C16H19N3O3. The molecule has 1 fully saturated rings. The Balaban J connectivity index is 1.58. The summed E-state index contributed by atoms with van der Waals surface area (Å²) < 4.78 is 5.14. The number of benzene rings is 1. The number of esters is 1. The van der Waals surface area contributed by atoms with Gasteiger partial charge < -0.3 is 14.6 Å². The van der Waals surface area contributed by atoms with Crippen molar-refractivity contribution >= 4 is 22.9 Å². The molecule has 1 aromatic heterocycles. The van der Waals surface area contributed by atoms with Crippen LogP contribution in [0.3, 0.4) is 0 Å². The van der Waals surface area contributed by atoms with Crippen LogP contribution in [0.5, 0.6) is 0 Å². The van der Waals surface area contributed by atoms with Crippen molar-refractivity contribution in [1.29, 1.82) is 0 Å². The zero-order valence-electron chi connectivity index (χ0n) is 12.5. The Bertz CT molecular complexity index is 695. The largest absolute Gasteiger partial charge is 0.452 e. The Morgan fingerprint density at radius 1 is 1.45 bits per heavy atom. The molecule has 0 bridgehead atoms. The lowest BCUT2D eigenvalue weighted by Gasteiger charge is -2.30. The molecule has 0 saturated carbocycles. The van der Waals surface area contributed by atoms with E-state index in [1.807, 2.05) is 0 Å². The highest BCUT2D eigenvalue weighted by molar-refractivity contribution is 5.94. The number of fused-ring (bicyclic) bond motifs is 1. The molecule has 1 atom stereocenters. The standard InChI is InChI=1S/C16H19N3O3/c1-11-3-2-6-19(8-11)15(20)9-22-16(21)12-4-5-13-14(7-12)18-10-17-13/h4-5,7,10-11H,2-3,6,8-9H2,1H3,(H,17,18). The number of hydrogen-bond acceptors (Lipinski definition) is 4. The maximum absolute atomic E-state index is 12.1. The van der Waals surface area contributed by atoms with Crippen LogP contribution in [-0.4, -0.2) is 46.4 Å². The summed E-state index contributed by atoms with van der Waals surface area (Å²) in [6.45, 7) is 3.43. The molecule has 0 aliphatic carbocycles. The third-order valence-corrected chi connectivity index (χ3v) is 3.99. The average Bonchev–Trinajstić information content (AvgIpc) is 2.99. The van der Waals surface area contributed by atoms with Gasteiger partial charge in [-0.1, -0.05) is 6.92 Å². The summed E-state index contributed by atoms with van der Waals surface area (Å²) in [5.74, 6) is -0.103. The van der Waals surface area contributed by atoms with Crippen molar-refractivity contribution in [1.82, 2.24) is 14.9 Å². The van der Waals surface area contributed by atoms with E-state index in [1.165, 1.54) is 0 Å². The Kier molecular flexibility index (Phi) is 4.09. The molecule has 1 amide bonds. The third kappa shape index (κ3) is 3.10. The van der Waals surface area contributed by atoms with E-state index in [9.17, 15) is 9.59 Å². The fourth-order valence-corrected chi connectivity index (χ4v) is 2.78. The van der Waals surface area contributed by atoms with Gasteiger partial charge in [0.1, 0.15) is 0 Å². The molecule has 1 aliphatic heterocycles. The first-order valence-corrected chi connectivity index (χ1v) is 7.51. The summed E-state index contributed by atoms with van der Waals surface area (Å²) in [5.41, 5.74) is 1.97. The lowest BCUT2D eigenvalue weighted by atomic mass is 10.0. The highest BCUT2D eigenvalue weighted by Gasteiger charge is 2.22. The Morgan fingerprint density at radius 3 is 3.14 bits per heavy atom. The summed E-state index contributed by atoms with van der Waals surface area (Å²) in [6, 6.07) is 5.08. The van der Waals surface area contributed by atoms with Gasteiger partial charge in [-0.2, -0.15) is 0 Å². The van der Waals surface area contributed by atoms with Crippen LogP contribution < -0.4 is 0 Å². The lowest BCUT2D eigenvalue weighted by molar-refractivity contribution is -0.136. The smallest absolute Gasteiger partial charge is 0.338 e. The zero-order chi connectivity index (χ0) is 15.5. The number of carbonyl (C=O) groups is 2. The molecule has 22 heavy (non-hydrogen) atoms. The van der Waals surface area contributed by atoms with Crippen molar-refractivity contribution in [2.45, 2.75) is 19.8 Å². The number of likely N-dealkylation sites (tertiary alicyclic amines) is 1. The highest BCUT2D eigenvalue weighted by Crippen LogP contribution is 2.16. The summed E-state index contributed by atoms with van der Waals surface area (Å²) in [7, 11) is 0. The molecule has 1 saturated heterocycles. The normalized spacial score (nSPS) is 18.4. The van der Waals surface area contributed by atoms with Gasteiger partial charge in [-0.05, 0) is 37.0 Å². The van der Waals surface area contributed by atoms with Crippen molar-refractivity contribution in [2.75, 3.05) is 19.7 Å². The zero-order valence-corrected chi connectivity index (χ0v) is 12.5. The van der Waals surface area contributed by atoms with Gasteiger partial charge in [-0.15, -0.1) is 0 Å². The number of H-pyrrole nitrogens is 1. The van der Waals surface area contributed by atoms with E-state index in [0.717, 1.165) is 37.0 Å². The van der Waals surface area contributed by atoms with E-state index in [2.05, 4.69) is 16.9 Å². The molecule has 3 rings (SSSR count). The number of piperidine rings is 1. The third-order valence-electron chi connectivity index (χ3n) is 3.99. The molecule has 2 heterocycles. The second-order valence-corrected chi connectivity index (χ2v) is 5.80. The predicted molar refractivity (Wildman–Crippen MR) is 81.4 cm³/mol. The summed E-state index contributed by atoms with van der Waals surface area (Å²) in [5, 5.41) is 0. The predicted octanol–water partition coefficient (Wildman–Crippen LogP) is 1.98. The molecular weight excluding hydrogens is 282 g/mol. The number of rotatable bonds is 3. The number of ether oxygens (including phenoxy) is 1. The van der Waals surface area contributed by atoms with Crippen LogP contribution in [0.1, 0.15) is 30.1 Å².